The quantitative estimate of drug-likeness (QED) is 0.718. The van der Waals surface area contributed by atoms with E-state index in [9.17, 15) is 8.78 Å². The Morgan fingerprint density at radius 3 is 2.17 bits per heavy atom. The summed E-state index contributed by atoms with van der Waals surface area (Å²) < 4.78 is 25.5. The first-order valence-electron chi connectivity index (χ1n) is 3.32. The Morgan fingerprint density at radius 1 is 1.50 bits per heavy atom. The molecule has 2 N–H and O–H groups in total. The molecule has 1 atom stereocenters. The number of alkyl halides is 2. The van der Waals surface area contributed by atoms with Gasteiger partial charge in [-0.25, -0.2) is 8.78 Å². The van der Waals surface area contributed by atoms with Crippen molar-refractivity contribution in [2.45, 2.75) is 5.92 Å². The van der Waals surface area contributed by atoms with Crippen molar-refractivity contribution in [2.75, 3.05) is 26.7 Å². The fourth-order valence-electron chi connectivity index (χ4n) is 1.31. The minimum atomic E-state index is -2.57. The zero-order valence-electron chi connectivity index (χ0n) is 6.80. The molecule has 1 aliphatic heterocycles. The van der Waals surface area contributed by atoms with Gasteiger partial charge in [0.15, 0.2) is 0 Å². The molecule has 1 fully saturated rings. The van der Waals surface area contributed by atoms with E-state index in [0.717, 1.165) is 0 Å². The fraction of sp³-hybridized carbons (Fsp3) is 1.00. The molecule has 1 heterocycles. The van der Waals surface area contributed by atoms with Crippen molar-refractivity contribution < 1.29 is 8.78 Å². The van der Waals surface area contributed by atoms with Crippen molar-refractivity contribution in [2.24, 2.45) is 11.7 Å². The Bertz CT molecular complexity index is 135. The third-order valence-electron chi connectivity index (χ3n) is 1.89. The normalized spacial score (nSPS) is 27.5. The highest BCUT2D eigenvalue weighted by molar-refractivity contribution is 5.85. The van der Waals surface area contributed by atoms with E-state index < -0.39 is 11.8 Å². The van der Waals surface area contributed by atoms with Crippen LogP contribution in [0.25, 0.3) is 0 Å². The number of likely N-dealkylation sites (tertiary alicyclic amines) is 1. The van der Waals surface area contributed by atoms with E-state index in [1.54, 1.807) is 11.9 Å². The second-order valence-electron chi connectivity index (χ2n) is 2.89. The SMILES string of the molecule is CN1CC(CN)C(F)(F)C1.Cl.Cl. The number of rotatable bonds is 1. The lowest BCUT2D eigenvalue weighted by Crippen LogP contribution is -2.32. The van der Waals surface area contributed by atoms with Crippen molar-refractivity contribution in [1.29, 1.82) is 0 Å². The summed E-state index contributed by atoms with van der Waals surface area (Å²) in [5.41, 5.74) is 5.16. The van der Waals surface area contributed by atoms with Crippen molar-refractivity contribution in [1.82, 2.24) is 4.90 Å². The van der Waals surface area contributed by atoms with Gasteiger partial charge in [-0.05, 0) is 7.05 Å². The molecule has 0 aromatic rings. The number of hydrogen-bond donors (Lipinski definition) is 1. The highest BCUT2D eigenvalue weighted by Gasteiger charge is 2.45. The number of nitrogens with zero attached hydrogens (tertiary/aromatic N) is 1. The van der Waals surface area contributed by atoms with E-state index in [2.05, 4.69) is 0 Å². The molecule has 0 bridgehead atoms. The molecule has 0 aliphatic carbocycles. The Morgan fingerprint density at radius 2 is 2.00 bits per heavy atom. The molecule has 76 valence electrons. The van der Waals surface area contributed by atoms with Gasteiger partial charge >= 0.3 is 0 Å². The lowest BCUT2D eigenvalue weighted by molar-refractivity contribution is -0.0226. The van der Waals surface area contributed by atoms with Gasteiger partial charge in [0.25, 0.3) is 5.92 Å². The minimum Gasteiger partial charge on any atom is -0.330 e. The van der Waals surface area contributed by atoms with Crippen LogP contribution in [0.4, 0.5) is 8.78 Å². The van der Waals surface area contributed by atoms with Crippen molar-refractivity contribution in [3.63, 3.8) is 0 Å². The summed E-state index contributed by atoms with van der Waals surface area (Å²) in [4.78, 5) is 1.61. The zero-order chi connectivity index (χ0) is 7.78. The van der Waals surface area contributed by atoms with Gasteiger partial charge in [0, 0.05) is 19.0 Å². The van der Waals surface area contributed by atoms with Crippen molar-refractivity contribution in [3.8, 4) is 0 Å². The first kappa shape index (κ1) is 14.9. The Hall–Kier alpha value is 0.360. The van der Waals surface area contributed by atoms with Gasteiger partial charge in [-0.2, -0.15) is 0 Å². The highest BCUT2D eigenvalue weighted by Crippen LogP contribution is 2.30. The zero-order valence-corrected chi connectivity index (χ0v) is 8.43. The molecule has 0 aromatic carbocycles. The van der Waals surface area contributed by atoms with Crippen LogP contribution in [-0.4, -0.2) is 37.5 Å². The molecule has 2 nitrogen and oxygen atoms in total. The van der Waals surface area contributed by atoms with Gasteiger partial charge in [-0.3, -0.25) is 0 Å². The Balaban J connectivity index is 0. The predicted molar refractivity (Wildman–Crippen MR) is 49.5 cm³/mol. The van der Waals surface area contributed by atoms with E-state index in [4.69, 9.17) is 5.73 Å². The second kappa shape index (κ2) is 5.17. The smallest absolute Gasteiger partial charge is 0.265 e. The van der Waals surface area contributed by atoms with Crippen LogP contribution in [0.5, 0.6) is 0 Å². The van der Waals surface area contributed by atoms with Gasteiger partial charge in [0.1, 0.15) is 0 Å². The molecule has 0 spiro atoms. The van der Waals surface area contributed by atoms with Crippen LogP contribution >= 0.6 is 24.8 Å². The summed E-state index contributed by atoms with van der Waals surface area (Å²) >= 11 is 0. The van der Waals surface area contributed by atoms with E-state index in [1.807, 2.05) is 0 Å². The maximum atomic E-state index is 12.7. The fourth-order valence-corrected chi connectivity index (χ4v) is 1.31. The maximum Gasteiger partial charge on any atom is 0.265 e. The number of hydrogen-bond acceptors (Lipinski definition) is 2. The molecule has 1 rings (SSSR count). The van der Waals surface area contributed by atoms with Crippen LogP contribution in [-0.2, 0) is 0 Å². The maximum absolute atomic E-state index is 12.7. The van der Waals surface area contributed by atoms with E-state index in [-0.39, 0.29) is 37.9 Å². The van der Waals surface area contributed by atoms with Crippen LogP contribution in [0.3, 0.4) is 0 Å². The standard InChI is InChI=1S/C6H12F2N2.2ClH/c1-10-3-5(2-9)6(7,8)4-10;;/h5H,2-4,9H2,1H3;2*1H. The third-order valence-corrected chi connectivity index (χ3v) is 1.89. The first-order chi connectivity index (χ1) is 4.56. The number of halogens is 4. The van der Waals surface area contributed by atoms with Gasteiger partial charge < -0.3 is 10.6 Å². The molecule has 0 radical (unpaired) electrons. The lowest BCUT2D eigenvalue weighted by Gasteiger charge is -2.14. The molecule has 0 saturated carbocycles. The molecular weight excluding hydrogens is 209 g/mol. The van der Waals surface area contributed by atoms with Gasteiger partial charge in [0.05, 0.1) is 6.54 Å². The predicted octanol–water partition coefficient (Wildman–Crippen LogP) is 0.986. The topological polar surface area (TPSA) is 29.3 Å². The second-order valence-corrected chi connectivity index (χ2v) is 2.89. The summed E-state index contributed by atoms with van der Waals surface area (Å²) in [6, 6.07) is 0. The molecule has 1 aliphatic rings. The summed E-state index contributed by atoms with van der Waals surface area (Å²) in [7, 11) is 1.68. The number of nitrogens with two attached hydrogens (primary N) is 1. The lowest BCUT2D eigenvalue weighted by atomic mass is 10.1. The van der Waals surface area contributed by atoms with Crippen molar-refractivity contribution in [3.05, 3.63) is 0 Å². The molecular formula is C6H14Cl2F2N2. The van der Waals surface area contributed by atoms with Gasteiger partial charge in [-0.1, -0.05) is 0 Å². The molecule has 1 saturated heterocycles. The van der Waals surface area contributed by atoms with E-state index >= 15 is 0 Å². The van der Waals surface area contributed by atoms with Crippen molar-refractivity contribution >= 4 is 24.8 Å². The van der Waals surface area contributed by atoms with Crippen LogP contribution in [0, 0.1) is 5.92 Å². The third kappa shape index (κ3) is 3.01. The minimum absolute atomic E-state index is 0. The largest absolute Gasteiger partial charge is 0.330 e. The monoisotopic (exact) mass is 222 g/mol. The molecule has 12 heavy (non-hydrogen) atoms. The molecule has 6 heteroatoms. The average Bonchev–Trinajstić information content (AvgIpc) is 2.04. The average molecular weight is 223 g/mol. The summed E-state index contributed by atoms with van der Waals surface area (Å²) in [6.07, 6.45) is 0. The Kier molecular flexibility index (Phi) is 6.40. The highest BCUT2D eigenvalue weighted by atomic mass is 35.5. The van der Waals surface area contributed by atoms with Gasteiger partial charge in [-0.15, -0.1) is 24.8 Å². The summed E-state index contributed by atoms with van der Waals surface area (Å²) in [5, 5.41) is 0. The van der Waals surface area contributed by atoms with Crippen LogP contribution in [0.15, 0.2) is 0 Å². The van der Waals surface area contributed by atoms with Crippen LogP contribution in [0.2, 0.25) is 0 Å². The molecule has 1 unspecified atom stereocenters. The molecule has 0 aromatic heterocycles. The first-order valence-corrected chi connectivity index (χ1v) is 3.32. The van der Waals surface area contributed by atoms with Gasteiger partial charge in [0.2, 0.25) is 0 Å². The van der Waals surface area contributed by atoms with E-state index in [1.165, 1.54) is 0 Å². The summed E-state index contributed by atoms with van der Waals surface area (Å²) in [6.45, 7) is 0.357. The Labute approximate surface area is 83.3 Å². The van der Waals surface area contributed by atoms with E-state index in [0.29, 0.717) is 6.54 Å². The van der Waals surface area contributed by atoms with Crippen LogP contribution in [0.1, 0.15) is 0 Å². The molecule has 0 amide bonds. The van der Waals surface area contributed by atoms with Crippen LogP contribution < -0.4 is 5.73 Å². The summed E-state index contributed by atoms with van der Waals surface area (Å²) in [5.74, 6) is -3.21.